The van der Waals surface area contributed by atoms with Crippen molar-refractivity contribution in [1.29, 1.82) is 0 Å². The van der Waals surface area contributed by atoms with Crippen LogP contribution in [-0.2, 0) is 6.54 Å². The summed E-state index contributed by atoms with van der Waals surface area (Å²) < 4.78 is 0. The van der Waals surface area contributed by atoms with E-state index >= 15 is 0 Å². The van der Waals surface area contributed by atoms with Gasteiger partial charge in [0.25, 0.3) is 0 Å². The first-order valence-corrected chi connectivity index (χ1v) is 6.90. The maximum atomic E-state index is 9.19. The van der Waals surface area contributed by atoms with Crippen LogP contribution in [0.4, 0.5) is 0 Å². The van der Waals surface area contributed by atoms with Gasteiger partial charge in [-0.05, 0) is 51.1 Å². The first-order chi connectivity index (χ1) is 9.06. The second-order valence-corrected chi connectivity index (χ2v) is 5.59. The Labute approximate surface area is 115 Å². The van der Waals surface area contributed by atoms with E-state index in [0.29, 0.717) is 11.5 Å². The van der Waals surface area contributed by atoms with Gasteiger partial charge in [0.1, 0.15) is 0 Å². The van der Waals surface area contributed by atoms with E-state index in [9.17, 15) is 10.0 Å². The van der Waals surface area contributed by atoms with Gasteiger partial charge in [0.05, 0.1) is 0 Å². The van der Waals surface area contributed by atoms with Crippen LogP contribution in [0.1, 0.15) is 18.4 Å². The highest BCUT2D eigenvalue weighted by Crippen LogP contribution is 2.16. The number of hydrogen-bond donors (Lipinski definition) is 2. The topological polar surface area (TPSA) is 46.9 Å². The second kappa shape index (κ2) is 6.52. The zero-order valence-electron chi connectivity index (χ0n) is 11.8. The summed E-state index contributed by atoms with van der Waals surface area (Å²) in [7, 11) is 2.92. The fourth-order valence-electron chi connectivity index (χ4n) is 2.70. The average Bonchev–Trinajstić information content (AvgIpc) is 2.39. The molecule has 4 nitrogen and oxygen atoms in total. The molecule has 1 saturated heterocycles. The van der Waals surface area contributed by atoms with Crippen molar-refractivity contribution in [3.8, 4) is 0 Å². The third-order valence-electron chi connectivity index (χ3n) is 3.94. The highest BCUT2D eigenvalue weighted by atomic mass is 16.4. The first-order valence-electron chi connectivity index (χ1n) is 6.90. The van der Waals surface area contributed by atoms with Crippen LogP contribution >= 0.6 is 0 Å². The number of rotatable bonds is 4. The van der Waals surface area contributed by atoms with Crippen LogP contribution in [0.5, 0.6) is 0 Å². The Morgan fingerprint density at radius 3 is 2.53 bits per heavy atom. The van der Waals surface area contributed by atoms with Gasteiger partial charge >= 0.3 is 7.12 Å². The van der Waals surface area contributed by atoms with Gasteiger partial charge < -0.3 is 14.9 Å². The molecule has 0 aromatic heterocycles. The maximum Gasteiger partial charge on any atom is 0.488 e. The summed E-state index contributed by atoms with van der Waals surface area (Å²) in [5.41, 5.74) is 1.72. The molecule has 1 aliphatic heterocycles. The second-order valence-electron chi connectivity index (χ2n) is 5.59. The van der Waals surface area contributed by atoms with Crippen molar-refractivity contribution >= 4 is 12.6 Å². The van der Waals surface area contributed by atoms with Crippen molar-refractivity contribution in [2.24, 2.45) is 0 Å². The van der Waals surface area contributed by atoms with Gasteiger partial charge in [-0.15, -0.1) is 0 Å². The molecule has 2 N–H and O–H groups in total. The Bertz CT molecular complexity index is 404. The van der Waals surface area contributed by atoms with E-state index in [0.717, 1.165) is 25.2 Å². The lowest BCUT2D eigenvalue weighted by Gasteiger charge is -2.35. The van der Waals surface area contributed by atoms with E-state index in [2.05, 4.69) is 23.9 Å². The van der Waals surface area contributed by atoms with Crippen LogP contribution in [0.3, 0.4) is 0 Å². The molecular weight excluding hydrogens is 239 g/mol. The molecule has 19 heavy (non-hydrogen) atoms. The van der Waals surface area contributed by atoms with Gasteiger partial charge in [0.15, 0.2) is 0 Å². The van der Waals surface area contributed by atoms with Crippen molar-refractivity contribution in [2.75, 3.05) is 27.2 Å². The van der Waals surface area contributed by atoms with Crippen molar-refractivity contribution in [2.45, 2.75) is 25.4 Å². The minimum absolute atomic E-state index is 0.570. The molecule has 1 aromatic rings. The highest BCUT2D eigenvalue weighted by Gasteiger charge is 2.20. The molecule has 0 bridgehead atoms. The first kappa shape index (κ1) is 14.5. The van der Waals surface area contributed by atoms with Gasteiger partial charge in [0, 0.05) is 12.6 Å². The number of benzene rings is 1. The van der Waals surface area contributed by atoms with Crippen molar-refractivity contribution in [3.63, 3.8) is 0 Å². The van der Waals surface area contributed by atoms with Crippen LogP contribution in [0, 0.1) is 0 Å². The zero-order chi connectivity index (χ0) is 13.8. The van der Waals surface area contributed by atoms with E-state index in [-0.39, 0.29) is 0 Å². The zero-order valence-corrected chi connectivity index (χ0v) is 11.8. The molecule has 1 aliphatic rings. The number of hydrogen-bond acceptors (Lipinski definition) is 4. The average molecular weight is 262 g/mol. The Kier molecular flexibility index (Phi) is 4.99. The molecule has 1 aromatic carbocycles. The van der Waals surface area contributed by atoms with E-state index < -0.39 is 7.12 Å². The molecule has 2 rings (SSSR count). The lowest BCUT2D eigenvalue weighted by molar-refractivity contribution is 0.140. The van der Waals surface area contributed by atoms with Crippen LogP contribution in [-0.4, -0.2) is 60.2 Å². The lowest BCUT2D eigenvalue weighted by Crippen LogP contribution is -2.41. The predicted octanol–water partition coefficient (Wildman–Crippen LogP) is -0.108. The molecule has 0 saturated carbocycles. The third-order valence-corrected chi connectivity index (χ3v) is 3.94. The third kappa shape index (κ3) is 4.04. The van der Waals surface area contributed by atoms with Crippen molar-refractivity contribution in [1.82, 2.24) is 9.80 Å². The number of nitrogens with zero attached hydrogens (tertiary/aromatic N) is 2. The van der Waals surface area contributed by atoms with E-state index in [4.69, 9.17) is 0 Å². The molecule has 0 radical (unpaired) electrons. The predicted molar refractivity (Wildman–Crippen MR) is 78.3 cm³/mol. The molecular formula is C14H23BN2O2. The summed E-state index contributed by atoms with van der Waals surface area (Å²) in [5, 5.41) is 18.4. The summed E-state index contributed by atoms with van der Waals surface area (Å²) in [5.74, 6) is 0. The smallest absolute Gasteiger partial charge is 0.423 e. The molecule has 0 amide bonds. The van der Waals surface area contributed by atoms with Crippen LogP contribution in [0.25, 0.3) is 0 Å². The standard InChI is InChI=1S/C14H23BN2O2/c1-16(2)14-6-8-17(9-7-14)11-12-4-3-5-13(10-12)15(18)19/h3-5,10,14,18-19H,6-9,11H2,1-2H3. The monoisotopic (exact) mass is 262 g/mol. The summed E-state index contributed by atoms with van der Waals surface area (Å²) in [6.07, 6.45) is 2.41. The molecule has 0 unspecified atom stereocenters. The molecule has 1 fully saturated rings. The normalized spacial score (nSPS) is 17.9. The Balaban J connectivity index is 1.90. The summed E-state index contributed by atoms with van der Waals surface area (Å²) in [4.78, 5) is 4.74. The van der Waals surface area contributed by atoms with Crippen LogP contribution in [0.2, 0.25) is 0 Å². The van der Waals surface area contributed by atoms with Gasteiger partial charge in [-0.2, -0.15) is 0 Å². The molecule has 5 heteroatoms. The van der Waals surface area contributed by atoms with Gasteiger partial charge in [0.2, 0.25) is 0 Å². The molecule has 104 valence electrons. The minimum atomic E-state index is -1.38. The quantitative estimate of drug-likeness (QED) is 0.743. The van der Waals surface area contributed by atoms with E-state index in [1.807, 2.05) is 18.2 Å². The molecule has 0 atom stereocenters. The SMILES string of the molecule is CN(C)C1CCN(Cc2cccc(B(O)O)c2)CC1. The Morgan fingerprint density at radius 1 is 1.26 bits per heavy atom. The maximum absolute atomic E-state index is 9.19. The molecule has 1 heterocycles. The van der Waals surface area contributed by atoms with Gasteiger partial charge in [-0.1, -0.05) is 24.3 Å². The fraction of sp³-hybridized carbons (Fsp3) is 0.571. The Morgan fingerprint density at radius 2 is 1.95 bits per heavy atom. The minimum Gasteiger partial charge on any atom is -0.423 e. The van der Waals surface area contributed by atoms with Gasteiger partial charge in [-0.25, -0.2) is 0 Å². The Hall–Kier alpha value is -0.875. The highest BCUT2D eigenvalue weighted by molar-refractivity contribution is 6.58. The van der Waals surface area contributed by atoms with E-state index in [1.165, 1.54) is 12.8 Å². The van der Waals surface area contributed by atoms with Crippen molar-refractivity contribution < 1.29 is 10.0 Å². The summed E-state index contributed by atoms with van der Waals surface area (Å²) in [6, 6.07) is 8.25. The van der Waals surface area contributed by atoms with E-state index in [1.54, 1.807) is 6.07 Å². The molecule has 0 spiro atoms. The summed E-state index contributed by atoms with van der Waals surface area (Å²) in [6.45, 7) is 3.10. The number of piperidine rings is 1. The van der Waals surface area contributed by atoms with Crippen LogP contribution in [0.15, 0.2) is 24.3 Å². The van der Waals surface area contributed by atoms with Crippen LogP contribution < -0.4 is 5.46 Å². The molecule has 0 aliphatic carbocycles. The number of likely N-dealkylation sites (tertiary alicyclic amines) is 1. The summed E-state index contributed by atoms with van der Waals surface area (Å²) >= 11 is 0. The fourth-order valence-corrected chi connectivity index (χ4v) is 2.70. The largest absolute Gasteiger partial charge is 0.488 e. The van der Waals surface area contributed by atoms with Gasteiger partial charge in [-0.3, -0.25) is 4.90 Å². The van der Waals surface area contributed by atoms with Crippen molar-refractivity contribution in [3.05, 3.63) is 29.8 Å². The lowest BCUT2D eigenvalue weighted by atomic mass is 9.79.